The summed E-state index contributed by atoms with van der Waals surface area (Å²) >= 11 is 0. The zero-order valence-electron chi connectivity index (χ0n) is 15.2. The van der Waals surface area contributed by atoms with Gasteiger partial charge in [0.1, 0.15) is 0 Å². The minimum Gasteiger partial charge on any atom is -0.348 e. The molecule has 1 saturated heterocycles. The second-order valence-electron chi connectivity index (χ2n) is 6.76. The van der Waals surface area contributed by atoms with Crippen LogP contribution >= 0.6 is 0 Å². The first-order chi connectivity index (χ1) is 12.4. The van der Waals surface area contributed by atoms with Gasteiger partial charge in [0.15, 0.2) is 0 Å². The summed E-state index contributed by atoms with van der Waals surface area (Å²) < 4.78 is 26.2. The average Bonchev–Trinajstić information content (AvgIpc) is 2.61. The van der Waals surface area contributed by atoms with E-state index in [1.54, 1.807) is 18.2 Å². The molecular weight excluding hydrogens is 348 g/mol. The summed E-state index contributed by atoms with van der Waals surface area (Å²) in [6.07, 6.45) is 1.52. The number of hydrogen-bond acceptors (Lipinski definition) is 3. The highest BCUT2D eigenvalue weighted by Crippen LogP contribution is 2.28. The lowest BCUT2D eigenvalue weighted by Crippen LogP contribution is -2.38. The molecule has 1 aliphatic rings. The molecule has 1 amide bonds. The Bertz CT molecular complexity index is 905. The number of hydrogen-bond donors (Lipinski definition) is 1. The molecule has 138 valence electrons. The molecule has 0 bridgehead atoms. The third-order valence-corrected chi connectivity index (χ3v) is 6.52. The molecule has 1 N–H and O–H groups in total. The second-order valence-corrected chi connectivity index (χ2v) is 8.78. The van der Waals surface area contributed by atoms with Crippen molar-refractivity contribution in [3.63, 3.8) is 0 Å². The van der Waals surface area contributed by atoms with Crippen LogP contribution in [0.3, 0.4) is 0 Å². The molecule has 2 aromatic rings. The summed E-state index contributed by atoms with van der Waals surface area (Å²) in [6.45, 7) is 4.79. The van der Waals surface area contributed by atoms with Gasteiger partial charge in [-0.15, -0.1) is 0 Å². The van der Waals surface area contributed by atoms with Crippen LogP contribution in [0.15, 0.2) is 42.5 Å². The molecule has 5 nitrogen and oxygen atoms in total. The van der Waals surface area contributed by atoms with Crippen LogP contribution in [0.2, 0.25) is 0 Å². The van der Waals surface area contributed by atoms with Gasteiger partial charge in [0.25, 0.3) is 5.91 Å². The quantitative estimate of drug-likeness (QED) is 0.896. The molecular formula is C20H24N2O3S. The zero-order valence-corrected chi connectivity index (χ0v) is 16.0. The van der Waals surface area contributed by atoms with Gasteiger partial charge < -0.3 is 5.32 Å². The molecule has 0 aliphatic carbocycles. The molecule has 0 radical (unpaired) electrons. The number of amides is 1. The highest BCUT2D eigenvalue weighted by Gasteiger charge is 2.27. The zero-order chi connectivity index (χ0) is 18.7. The molecule has 0 atom stereocenters. The maximum absolute atomic E-state index is 12.5. The van der Waals surface area contributed by atoms with Crippen LogP contribution in [-0.2, 0) is 16.6 Å². The van der Waals surface area contributed by atoms with Crippen molar-refractivity contribution in [3.8, 4) is 0 Å². The summed E-state index contributed by atoms with van der Waals surface area (Å²) in [6, 6.07) is 13.2. The first-order valence-corrected chi connectivity index (χ1v) is 10.4. The third-order valence-electron chi connectivity index (χ3n) is 4.66. The van der Waals surface area contributed by atoms with E-state index >= 15 is 0 Å². The van der Waals surface area contributed by atoms with Gasteiger partial charge in [-0.3, -0.25) is 9.10 Å². The Kier molecular flexibility index (Phi) is 5.32. The molecule has 3 rings (SSSR count). The molecule has 2 aromatic carbocycles. The Hall–Kier alpha value is -2.34. The van der Waals surface area contributed by atoms with E-state index in [4.69, 9.17) is 0 Å². The van der Waals surface area contributed by atoms with Crippen molar-refractivity contribution in [1.29, 1.82) is 0 Å². The lowest BCUT2D eigenvalue weighted by molar-refractivity contribution is 0.0951. The van der Waals surface area contributed by atoms with Crippen LogP contribution in [0.1, 0.15) is 39.9 Å². The highest BCUT2D eigenvalue weighted by molar-refractivity contribution is 7.92. The van der Waals surface area contributed by atoms with Gasteiger partial charge >= 0.3 is 0 Å². The number of aryl methyl sites for hydroxylation is 2. The summed E-state index contributed by atoms with van der Waals surface area (Å²) in [5.74, 6) is -0.0442. The summed E-state index contributed by atoms with van der Waals surface area (Å²) in [4.78, 5) is 12.5. The molecule has 1 aliphatic heterocycles. The lowest BCUT2D eigenvalue weighted by atomic mass is 10.1. The van der Waals surface area contributed by atoms with E-state index in [2.05, 4.69) is 5.32 Å². The monoisotopic (exact) mass is 372 g/mol. The van der Waals surface area contributed by atoms with E-state index in [9.17, 15) is 13.2 Å². The molecule has 1 fully saturated rings. The number of nitrogens with zero attached hydrogens (tertiary/aromatic N) is 1. The van der Waals surface area contributed by atoms with Crippen molar-refractivity contribution < 1.29 is 13.2 Å². The van der Waals surface area contributed by atoms with Crippen LogP contribution in [-0.4, -0.2) is 26.6 Å². The van der Waals surface area contributed by atoms with Gasteiger partial charge in [-0.05, 0) is 49.9 Å². The molecule has 0 aromatic heterocycles. The minimum absolute atomic E-state index is 0.163. The molecule has 0 unspecified atom stereocenters. The van der Waals surface area contributed by atoms with Crippen LogP contribution in [0.25, 0.3) is 0 Å². The maximum Gasteiger partial charge on any atom is 0.251 e. The lowest BCUT2D eigenvalue weighted by Gasteiger charge is -2.29. The van der Waals surface area contributed by atoms with Gasteiger partial charge in [0.05, 0.1) is 11.4 Å². The molecule has 1 heterocycles. The summed E-state index contributed by atoms with van der Waals surface area (Å²) in [7, 11) is -3.30. The van der Waals surface area contributed by atoms with Crippen LogP contribution in [0, 0.1) is 13.8 Å². The Labute approximate surface area is 155 Å². The van der Waals surface area contributed by atoms with Crippen LogP contribution in [0.5, 0.6) is 0 Å². The number of carbonyl (C=O) groups is 1. The Morgan fingerprint density at radius 2 is 1.81 bits per heavy atom. The van der Waals surface area contributed by atoms with Crippen molar-refractivity contribution in [3.05, 3.63) is 64.7 Å². The van der Waals surface area contributed by atoms with E-state index in [0.717, 1.165) is 17.5 Å². The van der Waals surface area contributed by atoms with E-state index in [-0.39, 0.29) is 11.7 Å². The molecule has 26 heavy (non-hydrogen) atoms. The normalized spacial score (nSPS) is 16.3. The van der Waals surface area contributed by atoms with Gasteiger partial charge in [-0.2, -0.15) is 0 Å². The number of carbonyl (C=O) groups excluding carboxylic acids is 1. The SMILES string of the molecule is Cc1ccc(CNC(=O)c2ccc(C)c(N3CCCCS3(=O)=O)c2)cc1. The van der Waals surface area contributed by atoms with Gasteiger partial charge in [0.2, 0.25) is 10.0 Å². The van der Waals surface area contributed by atoms with E-state index < -0.39 is 10.0 Å². The fourth-order valence-corrected chi connectivity index (χ4v) is 4.76. The van der Waals surface area contributed by atoms with Crippen LogP contribution in [0.4, 0.5) is 5.69 Å². The number of sulfonamides is 1. The average molecular weight is 372 g/mol. The highest BCUT2D eigenvalue weighted by atomic mass is 32.2. The molecule has 0 saturated carbocycles. The van der Waals surface area contributed by atoms with Crippen molar-refractivity contribution in [2.75, 3.05) is 16.6 Å². The van der Waals surface area contributed by atoms with Gasteiger partial charge in [-0.1, -0.05) is 35.9 Å². The number of benzene rings is 2. The number of anilines is 1. The van der Waals surface area contributed by atoms with E-state index in [1.165, 1.54) is 9.87 Å². The minimum atomic E-state index is -3.30. The molecule has 0 spiro atoms. The van der Waals surface area contributed by atoms with Gasteiger partial charge in [-0.25, -0.2) is 8.42 Å². The van der Waals surface area contributed by atoms with Crippen molar-refractivity contribution in [1.82, 2.24) is 5.32 Å². The van der Waals surface area contributed by atoms with Gasteiger partial charge in [0, 0.05) is 18.7 Å². The van der Waals surface area contributed by atoms with E-state index in [1.807, 2.05) is 38.1 Å². The summed E-state index contributed by atoms with van der Waals surface area (Å²) in [5.41, 5.74) is 4.12. The fraction of sp³-hybridized carbons (Fsp3) is 0.350. The predicted molar refractivity (Wildman–Crippen MR) is 104 cm³/mol. The smallest absolute Gasteiger partial charge is 0.251 e. The topological polar surface area (TPSA) is 66.5 Å². The largest absolute Gasteiger partial charge is 0.348 e. The first-order valence-electron chi connectivity index (χ1n) is 8.82. The standard InChI is InChI=1S/C20H24N2O3S/c1-15-5-8-17(9-6-15)14-21-20(23)18-10-7-16(2)19(13-18)22-11-3-4-12-26(22,24)25/h5-10,13H,3-4,11-12,14H2,1-2H3,(H,21,23). The Morgan fingerprint density at radius 3 is 2.50 bits per heavy atom. The first kappa shape index (κ1) is 18.5. The summed E-state index contributed by atoms with van der Waals surface area (Å²) in [5, 5.41) is 2.90. The predicted octanol–water partition coefficient (Wildman–Crippen LogP) is 3.16. The Morgan fingerprint density at radius 1 is 1.08 bits per heavy atom. The van der Waals surface area contributed by atoms with Crippen molar-refractivity contribution in [2.45, 2.75) is 33.2 Å². The number of rotatable bonds is 4. The fourth-order valence-electron chi connectivity index (χ4n) is 3.07. The Balaban J connectivity index is 1.78. The third kappa shape index (κ3) is 4.07. The van der Waals surface area contributed by atoms with Crippen LogP contribution < -0.4 is 9.62 Å². The number of nitrogens with one attached hydrogen (secondary N) is 1. The van der Waals surface area contributed by atoms with Crippen molar-refractivity contribution in [2.24, 2.45) is 0 Å². The van der Waals surface area contributed by atoms with E-state index in [0.29, 0.717) is 30.8 Å². The maximum atomic E-state index is 12.5. The molecule has 6 heteroatoms. The second kappa shape index (κ2) is 7.50. The van der Waals surface area contributed by atoms with Crippen molar-refractivity contribution >= 4 is 21.6 Å².